The Labute approximate surface area is 128 Å². The Morgan fingerprint density at radius 2 is 1.81 bits per heavy atom. The standard InChI is InChI=1S/C16H29N3O2/c1-2-21-12-5-16(20)19-10-8-18(9-11-19)15-13-17-6-3-14(15)4-7-17/h14-15H,2-13H2,1H3/t15-/m1/s1. The lowest BCUT2D eigenvalue weighted by molar-refractivity contribution is -0.135. The summed E-state index contributed by atoms with van der Waals surface area (Å²) in [4.78, 5) is 19.4. The highest BCUT2D eigenvalue weighted by atomic mass is 16.5. The number of hydrogen-bond acceptors (Lipinski definition) is 4. The number of hydrogen-bond donors (Lipinski definition) is 0. The van der Waals surface area contributed by atoms with Gasteiger partial charge < -0.3 is 14.5 Å². The van der Waals surface area contributed by atoms with Crippen molar-refractivity contribution in [3.05, 3.63) is 0 Å². The first kappa shape index (κ1) is 15.3. The zero-order chi connectivity index (χ0) is 14.7. The highest BCUT2D eigenvalue weighted by molar-refractivity contribution is 5.76. The highest BCUT2D eigenvalue weighted by Crippen LogP contribution is 2.31. The number of rotatable bonds is 5. The maximum atomic E-state index is 12.1. The van der Waals surface area contributed by atoms with Gasteiger partial charge in [-0.05, 0) is 38.8 Å². The van der Waals surface area contributed by atoms with Crippen molar-refractivity contribution >= 4 is 5.91 Å². The lowest BCUT2D eigenvalue weighted by atomic mass is 9.83. The molecule has 0 saturated carbocycles. The quantitative estimate of drug-likeness (QED) is 0.698. The number of carbonyl (C=O) groups is 1. The Hall–Kier alpha value is -0.650. The molecular weight excluding hydrogens is 266 g/mol. The van der Waals surface area contributed by atoms with Crippen LogP contribution in [-0.4, -0.2) is 85.7 Å². The largest absolute Gasteiger partial charge is 0.381 e. The smallest absolute Gasteiger partial charge is 0.224 e. The van der Waals surface area contributed by atoms with E-state index in [-0.39, 0.29) is 5.91 Å². The van der Waals surface area contributed by atoms with Gasteiger partial charge >= 0.3 is 0 Å². The van der Waals surface area contributed by atoms with Crippen molar-refractivity contribution in [3.63, 3.8) is 0 Å². The van der Waals surface area contributed by atoms with Crippen LogP contribution in [0.1, 0.15) is 26.2 Å². The fourth-order valence-electron chi connectivity index (χ4n) is 4.11. The van der Waals surface area contributed by atoms with E-state index in [1.807, 2.05) is 11.8 Å². The average molecular weight is 295 g/mol. The van der Waals surface area contributed by atoms with Crippen molar-refractivity contribution in [2.75, 3.05) is 59.0 Å². The number of nitrogens with zero attached hydrogens (tertiary/aromatic N) is 3. The van der Waals surface area contributed by atoms with E-state index in [0.717, 1.165) is 38.1 Å². The van der Waals surface area contributed by atoms with E-state index in [4.69, 9.17) is 4.74 Å². The Morgan fingerprint density at radius 3 is 2.38 bits per heavy atom. The van der Waals surface area contributed by atoms with Crippen molar-refractivity contribution in [2.24, 2.45) is 5.92 Å². The fraction of sp³-hybridized carbons (Fsp3) is 0.938. The zero-order valence-corrected chi connectivity index (χ0v) is 13.3. The van der Waals surface area contributed by atoms with Gasteiger partial charge in [0.15, 0.2) is 0 Å². The van der Waals surface area contributed by atoms with Crippen molar-refractivity contribution in [3.8, 4) is 0 Å². The molecular formula is C16H29N3O2. The maximum absolute atomic E-state index is 12.1. The SMILES string of the molecule is CCOCCC(=O)N1CCN([C@@H]2CN3CCC2CC3)CC1. The summed E-state index contributed by atoms with van der Waals surface area (Å²) in [5, 5.41) is 0. The number of ether oxygens (including phenoxy) is 1. The van der Waals surface area contributed by atoms with Crippen LogP contribution >= 0.6 is 0 Å². The number of piperazine rings is 1. The Balaban J connectivity index is 1.43. The third-order valence-electron chi connectivity index (χ3n) is 5.42. The van der Waals surface area contributed by atoms with Gasteiger partial charge in [0.2, 0.25) is 5.91 Å². The molecule has 5 nitrogen and oxygen atoms in total. The molecule has 4 rings (SSSR count). The topological polar surface area (TPSA) is 36.0 Å². The summed E-state index contributed by atoms with van der Waals surface area (Å²) in [5.74, 6) is 1.16. The molecule has 0 aromatic carbocycles. The molecule has 1 atom stereocenters. The molecule has 4 heterocycles. The van der Waals surface area contributed by atoms with E-state index in [1.54, 1.807) is 0 Å². The molecule has 2 bridgehead atoms. The van der Waals surface area contributed by atoms with Gasteiger partial charge in [-0.15, -0.1) is 0 Å². The normalized spacial score (nSPS) is 33.4. The molecule has 21 heavy (non-hydrogen) atoms. The van der Waals surface area contributed by atoms with Gasteiger partial charge in [0.05, 0.1) is 13.0 Å². The summed E-state index contributed by atoms with van der Waals surface area (Å²) in [6.07, 6.45) is 3.28. The summed E-state index contributed by atoms with van der Waals surface area (Å²) >= 11 is 0. The minimum absolute atomic E-state index is 0.261. The van der Waals surface area contributed by atoms with Gasteiger partial charge in [-0.2, -0.15) is 0 Å². The molecule has 4 saturated heterocycles. The van der Waals surface area contributed by atoms with Gasteiger partial charge in [0.25, 0.3) is 0 Å². The first-order valence-corrected chi connectivity index (χ1v) is 8.60. The molecule has 1 amide bonds. The van der Waals surface area contributed by atoms with E-state index in [1.165, 1.54) is 32.5 Å². The third kappa shape index (κ3) is 3.58. The molecule has 4 fully saturated rings. The summed E-state index contributed by atoms with van der Waals surface area (Å²) in [6.45, 7) is 11.0. The van der Waals surface area contributed by atoms with E-state index < -0.39 is 0 Å². The lowest BCUT2D eigenvalue weighted by Crippen LogP contribution is -2.61. The molecule has 4 aliphatic rings. The van der Waals surface area contributed by atoms with Gasteiger partial charge in [-0.1, -0.05) is 0 Å². The molecule has 0 radical (unpaired) electrons. The molecule has 120 valence electrons. The summed E-state index contributed by atoms with van der Waals surface area (Å²) < 4.78 is 5.28. The zero-order valence-electron chi connectivity index (χ0n) is 13.3. The summed E-state index contributed by atoms with van der Waals surface area (Å²) in [6, 6.07) is 0.744. The monoisotopic (exact) mass is 295 g/mol. The van der Waals surface area contributed by atoms with Gasteiger partial charge in [0.1, 0.15) is 0 Å². The Bertz CT molecular complexity index is 347. The van der Waals surface area contributed by atoms with E-state index in [2.05, 4.69) is 9.80 Å². The number of fused-ring (bicyclic) bond motifs is 3. The van der Waals surface area contributed by atoms with E-state index in [9.17, 15) is 4.79 Å². The molecule has 4 aliphatic heterocycles. The van der Waals surface area contributed by atoms with Crippen LogP contribution in [0.5, 0.6) is 0 Å². The summed E-state index contributed by atoms with van der Waals surface area (Å²) in [7, 11) is 0. The van der Waals surface area contributed by atoms with Crippen molar-refractivity contribution in [2.45, 2.75) is 32.2 Å². The molecule has 0 aliphatic carbocycles. The van der Waals surface area contributed by atoms with Gasteiger partial charge in [-0.25, -0.2) is 0 Å². The van der Waals surface area contributed by atoms with Crippen LogP contribution in [0, 0.1) is 5.92 Å². The van der Waals surface area contributed by atoms with E-state index >= 15 is 0 Å². The molecule has 0 aromatic heterocycles. The molecule has 0 unspecified atom stereocenters. The van der Waals surface area contributed by atoms with Crippen LogP contribution in [0.25, 0.3) is 0 Å². The minimum Gasteiger partial charge on any atom is -0.381 e. The van der Waals surface area contributed by atoms with Crippen molar-refractivity contribution in [1.82, 2.24) is 14.7 Å². The lowest BCUT2D eigenvalue weighted by Gasteiger charge is -2.51. The van der Waals surface area contributed by atoms with Crippen LogP contribution in [0.3, 0.4) is 0 Å². The molecule has 0 spiro atoms. The second-order valence-electron chi connectivity index (χ2n) is 6.57. The van der Waals surface area contributed by atoms with Gasteiger partial charge in [-0.3, -0.25) is 9.69 Å². The van der Waals surface area contributed by atoms with Crippen LogP contribution in [-0.2, 0) is 9.53 Å². The Morgan fingerprint density at radius 1 is 1.10 bits per heavy atom. The minimum atomic E-state index is 0.261. The number of piperidine rings is 3. The van der Waals surface area contributed by atoms with Gasteiger partial charge in [0, 0.05) is 45.4 Å². The van der Waals surface area contributed by atoms with E-state index in [0.29, 0.717) is 19.6 Å². The maximum Gasteiger partial charge on any atom is 0.224 e. The number of carbonyl (C=O) groups excluding carboxylic acids is 1. The molecule has 0 aromatic rings. The highest BCUT2D eigenvalue weighted by Gasteiger charge is 2.38. The molecule has 0 N–H and O–H groups in total. The fourth-order valence-corrected chi connectivity index (χ4v) is 4.11. The summed E-state index contributed by atoms with van der Waals surface area (Å²) in [5.41, 5.74) is 0. The second kappa shape index (κ2) is 7.07. The second-order valence-corrected chi connectivity index (χ2v) is 6.57. The molecule has 5 heteroatoms. The predicted octanol–water partition coefficient (Wildman–Crippen LogP) is 0.651. The van der Waals surface area contributed by atoms with Crippen LogP contribution in [0.4, 0.5) is 0 Å². The predicted molar refractivity (Wildman–Crippen MR) is 82.2 cm³/mol. The first-order valence-electron chi connectivity index (χ1n) is 8.60. The van der Waals surface area contributed by atoms with Crippen LogP contribution in [0.2, 0.25) is 0 Å². The van der Waals surface area contributed by atoms with Crippen molar-refractivity contribution < 1.29 is 9.53 Å². The Kier molecular flexibility index (Phi) is 5.14. The van der Waals surface area contributed by atoms with Crippen molar-refractivity contribution in [1.29, 1.82) is 0 Å². The number of amides is 1. The average Bonchev–Trinajstić information content (AvgIpc) is 2.56. The first-order chi connectivity index (χ1) is 10.3. The third-order valence-corrected chi connectivity index (χ3v) is 5.42. The van der Waals surface area contributed by atoms with Crippen LogP contribution < -0.4 is 0 Å². The van der Waals surface area contributed by atoms with Crippen LogP contribution in [0.15, 0.2) is 0 Å².